The molecule has 0 saturated carbocycles. The van der Waals surface area contributed by atoms with Crippen LogP contribution in [0.15, 0.2) is 27.7 Å². The van der Waals surface area contributed by atoms with Crippen molar-refractivity contribution in [1.82, 2.24) is 15.5 Å². The maximum absolute atomic E-state index is 13.6. The summed E-state index contributed by atoms with van der Waals surface area (Å²) in [5, 5.41) is 6.54. The van der Waals surface area contributed by atoms with Crippen LogP contribution in [0.25, 0.3) is 0 Å². The summed E-state index contributed by atoms with van der Waals surface area (Å²) < 4.78 is 19.0. The molecular weight excluding hydrogens is 391 g/mol. The minimum atomic E-state index is -0.284. The number of aliphatic imine (C=N–C) groups is 1. The van der Waals surface area contributed by atoms with Crippen LogP contribution in [0.4, 0.5) is 9.18 Å². The Hall–Kier alpha value is -1.83. The van der Waals surface area contributed by atoms with E-state index in [9.17, 15) is 9.18 Å². The average molecular weight is 415 g/mol. The number of rotatable bonds is 4. The second kappa shape index (κ2) is 9.60. The van der Waals surface area contributed by atoms with Crippen molar-refractivity contribution in [3.63, 3.8) is 0 Å². The molecule has 0 bridgehead atoms. The van der Waals surface area contributed by atoms with Gasteiger partial charge in [-0.2, -0.15) is 0 Å². The van der Waals surface area contributed by atoms with Crippen LogP contribution < -0.4 is 10.6 Å². The van der Waals surface area contributed by atoms with Crippen LogP contribution in [-0.2, 0) is 11.3 Å². The van der Waals surface area contributed by atoms with Crippen LogP contribution in [0.3, 0.4) is 0 Å². The summed E-state index contributed by atoms with van der Waals surface area (Å²) in [5.41, 5.74) is 0.834. The number of nitrogens with zero attached hydrogens (tertiary/aromatic N) is 2. The largest absolute Gasteiger partial charge is 0.450 e. The highest BCUT2D eigenvalue weighted by atomic mass is 79.9. The summed E-state index contributed by atoms with van der Waals surface area (Å²) in [4.78, 5) is 17.6. The lowest BCUT2D eigenvalue weighted by molar-refractivity contribution is 0.0963. The average Bonchev–Trinajstić information content (AvgIpc) is 2.62. The van der Waals surface area contributed by atoms with Gasteiger partial charge in [0.05, 0.1) is 11.1 Å². The van der Waals surface area contributed by atoms with E-state index in [0.717, 1.165) is 18.4 Å². The van der Waals surface area contributed by atoms with Gasteiger partial charge in [0.15, 0.2) is 5.96 Å². The monoisotopic (exact) mass is 414 g/mol. The van der Waals surface area contributed by atoms with E-state index in [0.29, 0.717) is 36.7 Å². The number of nitrogens with one attached hydrogen (secondary N) is 2. The van der Waals surface area contributed by atoms with Gasteiger partial charge in [0, 0.05) is 32.7 Å². The fourth-order valence-electron chi connectivity index (χ4n) is 2.64. The first-order valence-corrected chi connectivity index (χ1v) is 9.15. The number of benzene rings is 1. The Balaban J connectivity index is 1.79. The van der Waals surface area contributed by atoms with Gasteiger partial charge in [-0.1, -0.05) is 6.07 Å². The van der Waals surface area contributed by atoms with E-state index < -0.39 is 0 Å². The Labute approximate surface area is 156 Å². The van der Waals surface area contributed by atoms with Gasteiger partial charge in [0.2, 0.25) is 0 Å². The highest BCUT2D eigenvalue weighted by Crippen LogP contribution is 2.16. The lowest BCUT2D eigenvalue weighted by Crippen LogP contribution is -2.49. The van der Waals surface area contributed by atoms with Crippen molar-refractivity contribution < 1.29 is 13.9 Å². The maximum atomic E-state index is 13.6. The minimum Gasteiger partial charge on any atom is -0.450 e. The highest BCUT2D eigenvalue weighted by Gasteiger charge is 2.23. The second-order valence-electron chi connectivity index (χ2n) is 5.78. The zero-order valence-electron chi connectivity index (χ0n) is 14.5. The lowest BCUT2D eigenvalue weighted by Gasteiger charge is -2.32. The quantitative estimate of drug-likeness (QED) is 0.587. The summed E-state index contributed by atoms with van der Waals surface area (Å²) in [6.07, 6.45) is 1.40. The third-order valence-corrected chi connectivity index (χ3v) is 4.67. The zero-order chi connectivity index (χ0) is 18.2. The molecule has 1 aliphatic heterocycles. The molecule has 25 heavy (non-hydrogen) atoms. The standard InChI is InChI=1S/C17H24BrFN4O2/c1-3-25-17(24)23-8-6-13(7-9-23)22-16(20-2)21-11-12-4-5-14(18)15(19)10-12/h4-5,10,13H,3,6-9,11H2,1-2H3,(H2,20,21,22). The number of amides is 1. The molecule has 2 rings (SSSR count). The van der Waals surface area contributed by atoms with Gasteiger partial charge >= 0.3 is 6.09 Å². The maximum Gasteiger partial charge on any atom is 0.409 e. The molecule has 1 aromatic rings. The molecule has 1 fully saturated rings. The molecule has 1 aromatic carbocycles. The Kier molecular flexibility index (Phi) is 7.49. The first-order valence-electron chi connectivity index (χ1n) is 8.36. The number of ether oxygens (including phenoxy) is 1. The SMILES string of the molecule is CCOC(=O)N1CCC(NC(=NC)NCc2ccc(Br)c(F)c2)CC1. The van der Waals surface area contributed by atoms with E-state index >= 15 is 0 Å². The summed E-state index contributed by atoms with van der Waals surface area (Å²) in [6, 6.07) is 5.26. The Morgan fingerprint density at radius 3 is 2.76 bits per heavy atom. The van der Waals surface area contributed by atoms with E-state index in [2.05, 4.69) is 31.6 Å². The van der Waals surface area contributed by atoms with Crippen molar-refractivity contribution in [1.29, 1.82) is 0 Å². The molecule has 2 N–H and O–H groups in total. The first kappa shape index (κ1) is 19.5. The molecule has 1 heterocycles. The molecule has 0 atom stereocenters. The van der Waals surface area contributed by atoms with Gasteiger partial charge in [0.1, 0.15) is 5.82 Å². The molecule has 0 aromatic heterocycles. The molecular formula is C17H24BrFN4O2. The molecule has 8 heteroatoms. The van der Waals surface area contributed by atoms with Gasteiger partial charge in [-0.15, -0.1) is 0 Å². The van der Waals surface area contributed by atoms with Gasteiger partial charge in [-0.3, -0.25) is 4.99 Å². The Bertz CT molecular complexity index is 619. The van der Waals surface area contributed by atoms with Crippen molar-refractivity contribution in [2.75, 3.05) is 26.7 Å². The minimum absolute atomic E-state index is 0.235. The van der Waals surface area contributed by atoms with E-state index in [1.54, 1.807) is 24.9 Å². The predicted molar refractivity (Wildman–Crippen MR) is 99.1 cm³/mol. The lowest BCUT2D eigenvalue weighted by atomic mass is 10.1. The second-order valence-corrected chi connectivity index (χ2v) is 6.63. The van der Waals surface area contributed by atoms with E-state index in [1.165, 1.54) is 6.07 Å². The summed E-state index contributed by atoms with van der Waals surface area (Å²) in [5.74, 6) is 0.381. The van der Waals surface area contributed by atoms with Crippen LogP contribution >= 0.6 is 15.9 Å². The Morgan fingerprint density at radius 2 is 2.16 bits per heavy atom. The molecule has 0 radical (unpaired) electrons. The number of piperidine rings is 1. The van der Waals surface area contributed by atoms with Crippen molar-refractivity contribution >= 4 is 28.0 Å². The van der Waals surface area contributed by atoms with Crippen LogP contribution in [-0.4, -0.2) is 49.7 Å². The van der Waals surface area contributed by atoms with E-state index in [1.807, 2.05) is 6.07 Å². The van der Waals surface area contributed by atoms with E-state index in [4.69, 9.17) is 4.74 Å². The van der Waals surface area contributed by atoms with Crippen molar-refractivity contribution in [3.8, 4) is 0 Å². The number of hydrogen-bond donors (Lipinski definition) is 2. The normalized spacial score (nSPS) is 15.8. The summed E-state index contributed by atoms with van der Waals surface area (Å²) >= 11 is 3.15. The van der Waals surface area contributed by atoms with Crippen LogP contribution in [0.5, 0.6) is 0 Å². The van der Waals surface area contributed by atoms with Gasteiger partial charge in [-0.05, 0) is 53.4 Å². The zero-order valence-corrected chi connectivity index (χ0v) is 16.1. The fourth-order valence-corrected chi connectivity index (χ4v) is 2.89. The highest BCUT2D eigenvalue weighted by molar-refractivity contribution is 9.10. The van der Waals surface area contributed by atoms with Gasteiger partial charge in [0.25, 0.3) is 0 Å². The predicted octanol–water partition coefficient (Wildman–Crippen LogP) is 2.87. The molecule has 1 aliphatic rings. The number of likely N-dealkylation sites (tertiary alicyclic amines) is 1. The first-order chi connectivity index (χ1) is 12.0. The van der Waals surface area contributed by atoms with Crippen molar-refractivity contribution in [2.24, 2.45) is 4.99 Å². The smallest absolute Gasteiger partial charge is 0.409 e. The number of guanidine groups is 1. The molecule has 6 nitrogen and oxygen atoms in total. The number of carbonyl (C=O) groups excluding carboxylic acids is 1. The number of halogens is 2. The third kappa shape index (κ3) is 5.88. The molecule has 0 aliphatic carbocycles. The number of carbonyl (C=O) groups is 1. The number of hydrogen-bond acceptors (Lipinski definition) is 3. The molecule has 1 saturated heterocycles. The fraction of sp³-hybridized carbons (Fsp3) is 0.529. The van der Waals surface area contributed by atoms with Crippen LogP contribution in [0.2, 0.25) is 0 Å². The van der Waals surface area contributed by atoms with Gasteiger partial charge < -0.3 is 20.3 Å². The molecule has 0 unspecified atom stereocenters. The summed E-state index contributed by atoms with van der Waals surface area (Å²) in [6.45, 7) is 3.99. The molecule has 0 spiro atoms. The van der Waals surface area contributed by atoms with Crippen LogP contribution in [0, 0.1) is 5.82 Å². The van der Waals surface area contributed by atoms with Gasteiger partial charge in [-0.25, -0.2) is 9.18 Å². The third-order valence-electron chi connectivity index (χ3n) is 4.03. The summed E-state index contributed by atoms with van der Waals surface area (Å²) in [7, 11) is 1.70. The Morgan fingerprint density at radius 1 is 1.44 bits per heavy atom. The van der Waals surface area contributed by atoms with Crippen molar-refractivity contribution in [2.45, 2.75) is 32.4 Å². The van der Waals surface area contributed by atoms with Crippen molar-refractivity contribution in [3.05, 3.63) is 34.1 Å². The van der Waals surface area contributed by atoms with E-state index in [-0.39, 0.29) is 18.0 Å². The molecule has 138 valence electrons. The molecule has 1 amide bonds. The topological polar surface area (TPSA) is 66.0 Å². The van der Waals surface area contributed by atoms with Crippen LogP contribution in [0.1, 0.15) is 25.3 Å².